The van der Waals surface area contributed by atoms with Crippen LogP contribution in [0.3, 0.4) is 0 Å². The molecule has 0 N–H and O–H groups in total. The van der Waals surface area contributed by atoms with Gasteiger partial charge in [-0.15, -0.1) is 0 Å². The first-order valence-corrected chi connectivity index (χ1v) is 5.88. The quantitative estimate of drug-likeness (QED) is 0.705. The number of hydrogen-bond acceptors (Lipinski definition) is 1. The Morgan fingerprint density at radius 3 is 2.83 bits per heavy atom. The summed E-state index contributed by atoms with van der Waals surface area (Å²) in [6.07, 6.45) is 0. The summed E-state index contributed by atoms with van der Waals surface area (Å²) in [5.41, 5.74) is 3.99. The van der Waals surface area contributed by atoms with Gasteiger partial charge in [-0.1, -0.05) is 0 Å². The summed E-state index contributed by atoms with van der Waals surface area (Å²) in [6.45, 7) is 4.23. The molecule has 0 aromatic heterocycles. The molecule has 0 aliphatic heterocycles. The molecule has 1 aromatic rings. The van der Waals surface area contributed by atoms with E-state index in [0.717, 1.165) is 5.32 Å². The third-order valence-corrected chi connectivity index (χ3v) is 3.24. The van der Waals surface area contributed by atoms with Crippen LogP contribution in [0.25, 0.3) is 0 Å². The average Bonchev–Trinajstić information content (AvgIpc) is 2.08. The molecular weight excluding hydrogens is 213 g/mol. The minimum atomic E-state index is 0.110. The molecule has 0 heterocycles. The topological polar surface area (TPSA) is 23.8 Å². The number of nitrogens with zero attached hydrogens (tertiary/aromatic N) is 1. The van der Waals surface area contributed by atoms with Crippen LogP contribution in [-0.2, 0) is 5.32 Å². The summed E-state index contributed by atoms with van der Waals surface area (Å²) in [5, 5.41) is 9.41. The van der Waals surface area contributed by atoms with Gasteiger partial charge in [-0.25, -0.2) is 0 Å². The molecule has 0 saturated carbocycles. The second-order valence-electron chi connectivity index (χ2n) is 2.74. The van der Waals surface area contributed by atoms with Crippen molar-refractivity contribution in [1.82, 2.24) is 0 Å². The first-order valence-electron chi connectivity index (χ1n) is 3.81. The maximum atomic E-state index is 8.47. The summed E-state index contributed by atoms with van der Waals surface area (Å²) in [4.78, 5) is 2.23. The van der Waals surface area contributed by atoms with Crippen molar-refractivity contribution in [3.8, 4) is 4.97 Å². The zero-order valence-corrected chi connectivity index (χ0v) is 9.01. The molecule has 0 spiro atoms. The van der Waals surface area contributed by atoms with Gasteiger partial charge in [0.25, 0.3) is 0 Å². The van der Waals surface area contributed by atoms with Crippen LogP contribution < -0.4 is 0 Å². The van der Waals surface area contributed by atoms with Crippen molar-refractivity contribution in [3.05, 3.63) is 34.9 Å². The fraction of sp³-hybridized carbons (Fsp3) is 0.300. The molecule has 0 amide bonds. The van der Waals surface area contributed by atoms with Gasteiger partial charge < -0.3 is 0 Å². The molecule has 12 heavy (non-hydrogen) atoms. The van der Waals surface area contributed by atoms with Gasteiger partial charge in [0.1, 0.15) is 0 Å². The van der Waals surface area contributed by atoms with E-state index in [-0.39, 0.29) is 15.0 Å². The molecule has 0 unspecified atom stereocenters. The van der Waals surface area contributed by atoms with E-state index < -0.39 is 0 Å². The van der Waals surface area contributed by atoms with Crippen molar-refractivity contribution in [1.29, 1.82) is 5.26 Å². The first kappa shape index (κ1) is 9.32. The number of aryl methyl sites for hydroxylation is 1. The molecule has 0 saturated heterocycles. The SMILES string of the molecule is Cc1cccc(C[Se]C#N)c1C. The Kier molecular flexibility index (Phi) is 3.34. The Morgan fingerprint density at radius 1 is 1.42 bits per heavy atom. The van der Waals surface area contributed by atoms with Crippen LogP contribution >= 0.6 is 0 Å². The second kappa shape index (κ2) is 4.30. The zero-order valence-electron chi connectivity index (χ0n) is 7.29. The van der Waals surface area contributed by atoms with Crippen LogP contribution in [-0.4, -0.2) is 15.0 Å². The first-order chi connectivity index (χ1) is 5.75. The van der Waals surface area contributed by atoms with E-state index >= 15 is 0 Å². The van der Waals surface area contributed by atoms with Gasteiger partial charge in [-0.2, -0.15) is 0 Å². The standard InChI is InChI=1S/C10H11NSe/c1-8-4-3-5-10(9(8)2)6-12-7-11/h3-5H,6H2,1-2H3. The second-order valence-corrected chi connectivity index (χ2v) is 4.33. The molecule has 0 bridgehead atoms. The van der Waals surface area contributed by atoms with Gasteiger partial charge in [-0.05, 0) is 0 Å². The molecule has 1 rings (SSSR count). The van der Waals surface area contributed by atoms with E-state index in [0.29, 0.717) is 0 Å². The molecule has 1 aromatic carbocycles. The molecule has 0 fully saturated rings. The normalized spacial score (nSPS) is 9.42. The molecule has 62 valence electrons. The van der Waals surface area contributed by atoms with E-state index in [4.69, 9.17) is 5.26 Å². The number of hydrogen-bond donors (Lipinski definition) is 0. The Balaban J connectivity index is 2.86. The fourth-order valence-electron chi connectivity index (χ4n) is 1.08. The van der Waals surface area contributed by atoms with Gasteiger partial charge in [0.05, 0.1) is 0 Å². The summed E-state index contributed by atoms with van der Waals surface area (Å²) in [6, 6.07) is 6.28. The Bertz CT molecular complexity index is 312. The van der Waals surface area contributed by atoms with Crippen LogP contribution in [0.4, 0.5) is 0 Å². The minimum absolute atomic E-state index is 0.110. The van der Waals surface area contributed by atoms with Crippen LogP contribution in [0, 0.1) is 24.1 Å². The van der Waals surface area contributed by atoms with E-state index in [1.54, 1.807) is 0 Å². The van der Waals surface area contributed by atoms with E-state index in [1.807, 2.05) is 0 Å². The van der Waals surface area contributed by atoms with Gasteiger partial charge in [0.2, 0.25) is 0 Å². The Morgan fingerprint density at radius 2 is 2.17 bits per heavy atom. The van der Waals surface area contributed by atoms with Crippen LogP contribution in [0.2, 0.25) is 0 Å². The number of nitriles is 1. The van der Waals surface area contributed by atoms with Crippen LogP contribution in [0.15, 0.2) is 18.2 Å². The summed E-state index contributed by atoms with van der Waals surface area (Å²) in [5.74, 6) is 0. The molecule has 0 atom stereocenters. The molecule has 0 aliphatic carbocycles. The summed E-state index contributed by atoms with van der Waals surface area (Å²) >= 11 is 0.110. The van der Waals surface area contributed by atoms with Crippen LogP contribution in [0.5, 0.6) is 0 Å². The van der Waals surface area contributed by atoms with Gasteiger partial charge >= 0.3 is 79.2 Å². The van der Waals surface area contributed by atoms with Crippen molar-refractivity contribution in [2.75, 3.05) is 0 Å². The van der Waals surface area contributed by atoms with Crippen molar-refractivity contribution < 1.29 is 0 Å². The summed E-state index contributed by atoms with van der Waals surface area (Å²) in [7, 11) is 0. The Hall–Kier alpha value is -0.771. The van der Waals surface area contributed by atoms with Crippen molar-refractivity contribution in [2.24, 2.45) is 0 Å². The predicted octanol–water partition coefficient (Wildman–Crippen LogP) is 1.99. The van der Waals surface area contributed by atoms with Gasteiger partial charge in [0.15, 0.2) is 0 Å². The van der Waals surface area contributed by atoms with Gasteiger partial charge in [-0.3, -0.25) is 0 Å². The van der Waals surface area contributed by atoms with Crippen molar-refractivity contribution >= 4 is 15.0 Å². The van der Waals surface area contributed by atoms with Crippen LogP contribution in [0.1, 0.15) is 16.7 Å². The number of benzene rings is 1. The van der Waals surface area contributed by atoms with E-state index in [9.17, 15) is 0 Å². The maximum absolute atomic E-state index is 8.47. The average molecular weight is 224 g/mol. The zero-order chi connectivity index (χ0) is 8.97. The molecule has 0 aliphatic rings. The van der Waals surface area contributed by atoms with E-state index in [2.05, 4.69) is 37.0 Å². The fourth-order valence-corrected chi connectivity index (χ4v) is 2.20. The monoisotopic (exact) mass is 225 g/mol. The third-order valence-electron chi connectivity index (χ3n) is 2.01. The Labute approximate surface area is 79.6 Å². The van der Waals surface area contributed by atoms with Crippen molar-refractivity contribution in [3.63, 3.8) is 0 Å². The molecular formula is C10H11NSe. The van der Waals surface area contributed by atoms with Gasteiger partial charge in [0, 0.05) is 0 Å². The molecule has 2 heteroatoms. The number of rotatable bonds is 2. The van der Waals surface area contributed by atoms with Crippen molar-refractivity contribution in [2.45, 2.75) is 19.2 Å². The summed E-state index contributed by atoms with van der Waals surface area (Å²) < 4.78 is 0. The molecule has 0 radical (unpaired) electrons. The van der Waals surface area contributed by atoms with E-state index in [1.165, 1.54) is 16.7 Å². The third kappa shape index (κ3) is 2.11. The predicted molar refractivity (Wildman–Crippen MR) is 51.0 cm³/mol. The molecule has 1 nitrogen and oxygen atoms in total.